The zero-order valence-electron chi connectivity index (χ0n) is 7.93. The minimum atomic E-state index is -0.514. The average Bonchev–Trinajstić information content (AvgIpc) is 1.84. The van der Waals surface area contributed by atoms with Crippen LogP contribution < -0.4 is 0 Å². The highest BCUT2D eigenvalue weighted by molar-refractivity contribution is 5.88. The van der Waals surface area contributed by atoms with Crippen molar-refractivity contribution in [2.45, 2.75) is 26.4 Å². The van der Waals surface area contributed by atoms with Gasteiger partial charge in [-0.05, 0) is 20.8 Å². The fourth-order valence-corrected chi connectivity index (χ4v) is 0.484. The summed E-state index contributed by atoms with van der Waals surface area (Å²) in [5.74, 6) is 4.30. The molecule has 0 N–H and O–H groups in total. The van der Waals surface area contributed by atoms with E-state index in [-0.39, 0.29) is 6.61 Å². The lowest BCUT2D eigenvalue weighted by Crippen LogP contribution is -2.22. The van der Waals surface area contributed by atoms with Crippen molar-refractivity contribution >= 4 is 5.97 Å². The third-order valence-electron chi connectivity index (χ3n) is 0.806. The molecule has 12 heavy (non-hydrogen) atoms. The summed E-state index contributed by atoms with van der Waals surface area (Å²) in [6.45, 7) is 5.63. The number of esters is 1. The Balaban J connectivity index is 3.85. The molecule has 0 amide bonds. The first-order chi connectivity index (χ1) is 5.45. The van der Waals surface area contributed by atoms with Crippen LogP contribution in [0.25, 0.3) is 0 Å². The Labute approximate surface area is 73.0 Å². The molecule has 0 atom stereocenters. The lowest BCUT2D eigenvalue weighted by atomic mass is 10.2. The second-order valence-electron chi connectivity index (χ2n) is 3.24. The summed E-state index contributed by atoms with van der Waals surface area (Å²) < 4.78 is 9.56. The van der Waals surface area contributed by atoms with E-state index in [1.165, 1.54) is 7.11 Å². The predicted octanol–water partition coefficient (Wildman–Crippen LogP) is 0.978. The van der Waals surface area contributed by atoms with Gasteiger partial charge < -0.3 is 9.47 Å². The number of carbonyl (C=O) groups excluding carboxylic acids is 1. The summed E-state index contributed by atoms with van der Waals surface area (Å²) in [5.41, 5.74) is -0.473. The quantitative estimate of drug-likeness (QED) is 0.334. The molecule has 0 unspecified atom stereocenters. The fraction of sp³-hybridized carbons (Fsp3) is 0.667. The van der Waals surface area contributed by atoms with Gasteiger partial charge in [-0.25, -0.2) is 4.79 Å². The molecule has 0 aromatic heterocycles. The van der Waals surface area contributed by atoms with Gasteiger partial charge in [-0.3, -0.25) is 0 Å². The Morgan fingerprint density at radius 1 is 1.42 bits per heavy atom. The highest BCUT2D eigenvalue weighted by Gasteiger charge is 2.13. The Hall–Kier alpha value is -1.01. The van der Waals surface area contributed by atoms with Crippen molar-refractivity contribution in [1.29, 1.82) is 0 Å². The summed E-state index contributed by atoms with van der Waals surface area (Å²) in [6, 6.07) is 0. The van der Waals surface area contributed by atoms with E-state index in [4.69, 9.17) is 4.74 Å². The SMILES string of the molecule is COCC#CC(=O)OC(C)(C)C. The fourth-order valence-electron chi connectivity index (χ4n) is 0.484. The molecule has 0 bridgehead atoms. The number of ether oxygens (including phenoxy) is 2. The van der Waals surface area contributed by atoms with Crippen LogP contribution in [0.4, 0.5) is 0 Å². The number of hydrogen-bond donors (Lipinski definition) is 0. The van der Waals surface area contributed by atoms with E-state index in [2.05, 4.69) is 16.6 Å². The lowest BCUT2D eigenvalue weighted by Gasteiger charge is -2.16. The first-order valence-corrected chi connectivity index (χ1v) is 3.66. The zero-order chi connectivity index (χ0) is 9.61. The van der Waals surface area contributed by atoms with E-state index in [0.29, 0.717) is 0 Å². The molecular weight excluding hydrogens is 156 g/mol. The number of carbonyl (C=O) groups is 1. The third kappa shape index (κ3) is 7.10. The van der Waals surface area contributed by atoms with Gasteiger partial charge >= 0.3 is 5.97 Å². The third-order valence-corrected chi connectivity index (χ3v) is 0.806. The van der Waals surface area contributed by atoms with E-state index in [0.717, 1.165) is 0 Å². The first kappa shape index (κ1) is 11.0. The zero-order valence-corrected chi connectivity index (χ0v) is 7.93. The molecule has 0 aliphatic rings. The van der Waals surface area contributed by atoms with Crippen molar-refractivity contribution in [3.8, 4) is 11.8 Å². The van der Waals surface area contributed by atoms with E-state index in [1.54, 1.807) is 20.8 Å². The molecule has 0 aliphatic carbocycles. The molecule has 0 aromatic carbocycles. The molecule has 68 valence electrons. The minimum absolute atomic E-state index is 0.249. The highest BCUT2D eigenvalue weighted by Crippen LogP contribution is 2.05. The maximum Gasteiger partial charge on any atom is 0.384 e. The van der Waals surface area contributed by atoms with Gasteiger partial charge in [0, 0.05) is 13.0 Å². The lowest BCUT2D eigenvalue weighted by molar-refractivity contribution is -0.147. The monoisotopic (exact) mass is 170 g/mol. The molecular formula is C9H14O3. The molecule has 0 rings (SSSR count). The van der Waals surface area contributed by atoms with Crippen LogP contribution in [0.15, 0.2) is 0 Å². The molecule has 0 heterocycles. The summed E-state index contributed by atoms with van der Waals surface area (Å²) in [7, 11) is 1.52. The predicted molar refractivity (Wildman–Crippen MR) is 45.5 cm³/mol. The maximum atomic E-state index is 10.9. The summed E-state index contributed by atoms with van der Waals surface area (Å²) in [6.07, 6.45) is 0. The molecule has 0 aliphatic heterocycles. The van der Waals surface area contributed by atoms with Crippen LogP contribution in [0.3, 0.4) is 0 Å². The number of methoxy groups -OCH3 is 1. The number of rotatable bonds is 1. The first-order valence-electron chi connectivity index (χ1n) is 3.66. The van der Waals surface area contributed by atoms with Crippen LogP contribution in [-0.2, 0) is 14.3 Å². The second-order valence-corrected chi connectivity index (χ2v) is 3.24. The summed E-state index contributed by atoms with van der Waals surface area (Å²) in [4.78, 5) is 10.9. The van der Waals surface area contributed by atoms with Gasteiger partial charge in [-0.1, -0.05) is 5.92 Å². The molecule has 3 nitrogen and oxygen atoms in total. The van der Waals surface area contributed by atoms with Gasteiger partial charge in [0.1, 0.15) is 12.2 Å². The van der Waals surface area contributed by atoms with E-state index < -0.39 is 11.6 Å². The van der Waals surface area contributed by atoms with Crippen LogP contribution in [0.5, 0.6) is 0 Å². The smallest absolute Gasteiger partial charge is 0.384 e. The van der Waals surface area contributed by atoms with Gasteiger partial charge in [0.2, 0.25) is 0 Å². The van der Waals surface area contributed by atoms with Gasteiger partial charge in [0.05, 0.1) is 0 Å². The number of hydrogen-bond acceptors (Lipinski definition) is 3. The molecule has 0 fully saturated rings. The van der Waals surface area contributed by atoms with Gasteiger partial charge in [-0.15, -0.1) is 0 Å². The topological polar surface area (TPSA) is 35.5 Å². The van der Waals surface area contributed by atoms with Crippen LogP contribution in [-0.4, -0.2) is 25.3 Å². The van der Waals surface area contributed by atoms with Crippen LogP contribution in [0.2, 0.25) is 0 Å². The van der Waals surface area contributed by atoms with Gasteiger partial charge in [-0.2, -0.15) is 0 Å². The normalized spacial score (nSPS) is 10.0. The Bertz CT molecular complexity index is 202. The van der Waals surface area contributed by atoms with Crippen molar-refractivity contribution in [2.75, 3.05) is 13.7 Å². The van der Waals surface area contributed by atoms with Crippen molar-refractivity contribution in [1.82, 2.24) is 0 Å². The van der Waals surface area contributed by atoms with Crippen molar-refractivity contribution in [3.05, 3.63) is 0 Å². The van der Waals surface area contributed by atoms with Crippen LogP contribution >= 0.6 is 0 Å². The van der Waals surface area contributed by atoms with Crippen molar-refractivity contribution in [2.24, 2.45) is 0 Å². The minimum Gasteiger partial charge on any atom is -0.450 e. The van der Waals surface area contributed by atoms with Crippen molar-refractivity contribution in [3.63, 3.8) is 0 Å². The highest BCUT2D eigenvalue weighted by atomic mass is 16.6. The summed E-state index contributed by atoms with van der Waals surface area (Å²) >= 11 is 0. The van der Waals surface area contributed by atoms with Gasteiger partial charge in [0.15, 0.2) is 0 Å². The molecule has 0 radical (unpaired) electrons. The van der Waals surface area contributed by atoms with E-state index in [9.17, 15) is 4.79 Å². The maximum absolute atomic E-state index is 10.9. The van der Waals surface area contributed by atoms with Crippen LogP contribution in [0.1, 0.15) is 20.8 Å². The van der Waals surface area contributed by atoms with Gasteiger partial charge in [0.25, 0.3) is 0 Å². The molecule has 0 saturated heterocycles. The molecule has 0 aromatic rings. The van der Waals surface area contributed by atoms with Crippen LogP contribution in [0, 0.1) is 11.8 Å². The molecule has 0 spiro atoms. The molecule has 0 saturated carbocycles. The largest absolute Gasteiger partial charge is 0.450 e. The summed E-state index contributed by atoms with van der Waals surface area (Å²) in [5, 5.41) is 0. The van der Waals surface area contributed by atoms with Crippen molar-refractivity contribution < 1.29 is 14.3 Å². The average molecular weight is 170 g/mol. The Morgan fingerprint density at radius 3 is 2.42 bits per heavy atom. The second kappa shape index (κ2) is 4.78. The standard InChI is InChI=1S/C9H14O3/c1-9(2,3)12-8(10)6-5-7-11-4/h7H2,1-4H3. The Kier molecular flexibility index (Phi) is 4.38. The van der Waals surface area contributed by atoms with E-state index in [1.807, 2.05) is 0 Å². The molecule has 3 heteroatoms. The Morgan fingerprint density at radius 2 is 2.00 bits per heavy atom. The van der Waals surface area contributed by atoms with E-state index >= 15 is 0 Å².